The second kappa shape index (κ2) is 4.94. The molecule has 0 saturated carbocycles. The van der Waals surface area contributed by atoms with Crippen LogP contribution in [0.25, 0.3) is 0 Å². The monoisotopic (exact) mass is 226 g/mol. The van der Waals surface area contributed by atoms with Gasteiger partial charge in [0.2, 0.25) is 0 Å². The fourth-order valence-corrected chi connectivity index (χ4v) is 1.52. The van der Waals surface area contributed by atoms with Crippen LogP contribution in [-0.2, 0) is 4.79 Å². The largest absolute Gasteiger partial charge is 0.481 e. The molecule has 0 aliphatic heterocycles. The zero-order valence-electron chi connectivity index (χ0n) is 8.29. The molecule has 0 fully saturated rings. The molecule has 0 atom stereocenters. The second-order valence-electron chi connectivity index (χ2n) is 3.28. The van der Waals surface area contributed by atoms with Crippen LogP contribution < -0.4 is 0 Å². The average Bonchev–Trinajstić information content (AvgIpc) is 2.14. The molecule has 1 N–H and O–H groups in total. The maximum atomic E-state index is 11.6. The number of ketones is 1. The van der Waals surface area contributed by atoms with Gasteiger partial charge in [0.1, 0.15) is 0 Å². The summed E-state index contributed by atoms with van der Waals surface area (Å²) in [6, 6.07) is 4.94. The summed E-state index contributed by atoms with van der Waals surface area (Å²) >= 11 is 5.74. The van der Waals surface area contributed by atoms with E-state index in [0.717, 1.165) is 5.56 Å². The number of Topliss-reactive ketones (excluding diaryl/α,β-unsaturated/α-hetero) is 1. The summed E-state index contributed by atoms with van der Waals surface area (Å²) in [5.74, 6) is -1.12. The molecule has 0 saturated heterocycles. The van der Waals surface area contributed by atoms with E-state index in [9.17, 15) is 9.59 Å². The molecule has 0 heterocycles. The topological polar surface area (TPSA) is 54.4 Å². The Morgan fingerprint density at radius 3 is 2.53 bits per heavy atom. The van der Waals surface area contributed by atoms with Crippen LogP contribution in [0.3, 0.4) is 0 Å². The zero-order chi connectivity index (χ0) is 11.4. The van der Waals surface area contributed by atoms with Gasteiger partial charge in [-0.3, -0.25) is 9.59 Å². The molecule has 0 unspecified atom stereocenters. The van der Waals surface area contributed by atoms with E-state index in [4.69, 9.17) is 16.7 Å². The van der Waals surface area contributed by atoms with Crippen LogP contribution in [0.2, 0.25) is 5.02 Å². The van der Waals surface area contributed by atoms with E-state index >= 15 is 0 Å². The molecule has 1 aromatic carbocycles. The predicted molar refractivity (Wildman–Crippen MR) is 57.4 cm³/mol. The van der Waals surface area contributed by atoms with Gasteiger partial charge in [-0.15, -0.1) is 0 Å². The number of carbonyl (C=O) groups excluding carboxylic acids is 1. The smallest absolute Gasteiger partial charge is 0.303 e. The summed E-state index contributed by atoms with van der Waals surface area (Å²) in [5.41, 5.74) is 1.32. The van der Waals surface area contributed by atoms with Gasteiger partial charge in [-0.1, -0.05) is 11.6 Å². The number of aliphatic carboxylic acids is 1. The Morgan fingerprint density at radius 2 is 2.00 bits per heavy atom. The zero-order valence-corrected chi connectivity index (χ0v) is 9.04. The SMILES string of the molecule is Cc1cc(Cl)ccc1C(=O)CCC(=O)O. The van der Waals surface area contributed by atoms with Gasteiger partial charge < -0.3 is 5.11 Å². The van der Waals surface area contributed by atoms with Crippen LogP contribution in [0.15, 0.2) is 18.2 Å². The van der Waals surface area contributed by atoms with Crippen LogP contribution in [-0.4, -0.2) is 16.9 Å². The van der Waals surface area contributed by atoms with Gasteiger partial charge in [-0.2, -0.15) is 0 Å². The van der Waals surface area contributed by atoms with Crippen molar-refractivity contribution in [1.82, 2.24) is 0 Å². The van der Waals surface area contributed by atoms with Crippen molar-refractivity contribution in [2.45, 2.75) is 19.8 Å². The Balaban J connectivity index is 2.78. The van der Waals surface area contributed by atoms with E-state index in [1.165, 1.54) is 0 Å². The van der Waals surface area contributed by atoms with Gasteiger partial charge in [-0.05, 0) is 30.7 Å². The van der Waals surface area contributed by atoms with E-state index in [1.807, 2.05) is 0 Å². The summed E-state index contributed by atoms with van der Waals surface area (Å²) in [6.07, 6.45) is -0.112. The lowest BCUT2D eigenvalue weighted by Gasteiger charge is -2.03. The number of hydrogen-bond acceptors (Lipinski definition) is 2. The quantitative estimate of drug-likeness (QED) is 0.804. The maximum absolute atomic E-state index is 11.6. The van der Waals surface area contributed by atoms with Crippen molar-refractivity contribution in [1.29, 1.82) is 0 Å². The molecule has 15 heavy (non-hydrogen) atoms. The minimum Gasteiger partial charge on any atom is -0.481 e. The molecule has 0 amide bonds. The molecular weight excluding hydrogens is 216 g/mol. The molecule has 0 radical (unpaired) electrons. The van der Waals surface area contributed by atoms with Crippen LogP contribution in [0.4, 0.5) is 0 Å². The van der Waals surface area contributed by atoms with Crippen molar-refractivity contribution in [2.75, 3.05) is 0 Å². The Hall–Kier alpha value is -1.35. The van der Waals surface area contributed by atoms with Crippen molar-refractivity contribution in [3.8, 4) is 0 Å². The van der Waals surface area contributed by atoms with Crippen LogP contribution in [0, 0.1) is 6.92 Å². The fraction of sp³-hybridized carbons (Fsp3) is 0.273. The molecule has 0 aliphatic carbocycles. The average molecular weight is 227 g/mol. The first-order valence-corrected chi connectivity index (χ1v) is 4.89. The summed E-state index contributed by atoms with van der Waals surface area (Å²) in [5, 5.41) is 9.02. The van der Waals surface area contributed by atoms with E-state index in [0.29, 0.717) is 10.6 Å². The predicted octanol–water partition coefficient (Wildman–Crippen LogP) is 2.70. The molecule has 80 valence electrons. The molecule has 0 aliphatic rings. The highest BCUT2D eigenvalue weighted by molar-refractivity contribution is 6.30. The molecular formula is C11H11ClO3. The number of carboxylic acids is 1. The first kappa shape index (κ1) is 11.7. The normalized spacial score (nSPS) is 10.0. The molecule has 3 nitrogen and oxygen atoms in total. The van der Waals surface area contributed by atoms with Crippen LogP contribution in [0.5, 0.6) is 0 Å². The Bertz CT molecular complexity index is 399. The number of carboxylic acid groups (broad SMARTS) is 1. The molecule has 1 aromatic rings. The highest BCUT2D eigenvalue weighted by atomic mass is 35.5. The molecule has 4 heteroatoms. The Kier molecular flexibility index (Phi) is 3.86. The standard InChI is InChI=1S/C11H11ClO3/c1-7-6-8(12)2-3-9(7)10(13)4-5-11(14)15/h2-3,6H,4-5H2,1H3,(H,14,15). The van der Waals surface area contributed by atoms with E-state index in [1.54, 1.807) is 25.1 Å². The Labute approximate surface area is 92.7 Å². The summed E-state index contributed by atoms with van der Waals surface area (Å²) < 4.78 is 0. The number of halogens is 1. The summed E-state index contributed by atoms with van der Waals surface area (Å²) in [7, 11) is 0. The van der Waals surface area contributed by atoms with Gasteiger partial charge in [0.05, 0.1) is 6.42 Å². The first-order valence-electron chi connectivity index (χ1n) is 4.52. The van der Waals surface area contributed by atoms with E-state index < -0.39 is 5.97 Å². The van der Waals surface area contributed by atoms with Gasteiger partial charge in [-0.25, -0.2) is 0 Å². The van der Waals surface area contributed by atoms with Gasteiger partial charge in [0, 0.05) is 17.0 Å². The van der Waals surface area contributed by atoms with Crippen LogP contribution >= 0.6 is 11.6 Å². The van der Waals surface area contributed by atoms with E-state index in [2.05, 4.69) is 0 Å². The molecule has 0 bridgehead atoms. The number of benzene rings is 1. The molecule has 0 aromatic heterocycles. The number of aryl methyl sites for hydroxylation is 1. The van der Waals surface area contributed by atoms with Gasteiger partial charge in [0.25, 0.3) is 0 Å². The van der Waals surface area contributed by atoms with Crippen molar-refractivity contribution >= 4 is 23.4 Å². The maximum Gasteiger partial charge on any atom is 0.303 e. The second-order valence-corrected chi connectivity index (χ2v) is 3.71. The fourth-order valence-electron chi connectivity index (χ4n) is 1.30. The molecule has 0 spiro atoms. The lowest BCUT2D eigenvalue weighted by atomic mass is 10.0. The van der Waals surface area contributed by atoms with Crippen molar-refractivity contribution in [2.24, 2.45) is 0 Å². The Morgan fingerprint density at radius 1 is 1.33 bits per heavy atom. The van der Waals surface area contributed by atoms with Gasteiger partial charge >= 0.3 is 5.97 Å². The molecule has 1 rings (SSSR count). The van der Waals surface area contributed by atoms with Crippen molar-refractivity contribution in [3.63, 3.8) is 0 Å². The minimum absolute atomic E-state index is 0.0256. The minimum atomic E-state index is -0.963. The van der Waals surface area contributed by atoms with Crippen molar-refractivity contribution < 1.29 is 14.7 Å². The van der Waals surface area contributed by atoms with E-state index in [-0.39, 0.29) is 18.6 Å². The summed E-state index contributed by atoms with van der Waals surface area (Å²) in [6.45, 7) is 1.78. The lowest BCUT2D eigenvalue weighted by molar-refractivity contribution is -0.136. The third kappa shape index (κ3) is 3.36. The summed E-state index contributed by atoms with van der Waals surface area (Å²) in [4.78, 5) is 21.9. The van der Waals surface area contributed by atoms with Crippen LogP contribution in [0.1, 0.15) is 28.8 Å². The third-order valence-corrected chi connectivity index (χ3v) is 2.29. The van der Waals surface area contributed by atoms with Gasteiger partial charge in [0.15, 0.2) is 5.78 Å². The highest BCUT2D eigenvalue weighted by Gasteiger charge is 2.10. The lowest BCUT2D eigenvalue weighted by Crippen LogP contribution is -2.05. The number of rotatable bonds is 4. The third-order valence-electron chi connectivity index (χ3n) is 2.05. The van der Waals surface area contributed by atoms with Crippen molar-refractivity contribution in [3.05, 3.63) is 34.3 Å². The number of hydrogen-bond donors (Lipinski definition) is 1. The first-order chi connectivity index (χ1) is 7.00. The highest BCUT2D eigenvalue weighted by Crippen LogP contribution is 2.17. The number of carbonyl (C=O) groups is 2.